The third kappa shape index (κ3) is 3.81. The molecule has 1 aliphatic rings. The molecule has 0 saturated heterocycles. The Kier molecular flexibility index (Phi) is 5.87. The monoisotopic (exact) mass is 403 g/mol. The second-order valence-corrected chi connectivity index (χ2v) is 7.87. The maximum absolute atomic E-state index is 14.3. The summed E-state index contributed by atoms with van der Waals surface area (Å²) in [6.45, 7) is 1.54. The third-order valence-corrected chi connectivity index (χ3v) is 6.11. The van der Waals surface area contributed by atoms with Crippen molar-refractivity contribution in [1.82, 2.24) is 5.32 Å². The molecule has 8 heteroatoms. The van der Waals surface area contributed by atoms with E-state index in [9.17, 15) is 18.8 Å². The molecule has 1 amide bonds. The number of halogens is 2. The van der Waals surface area contributed by atoms with Crippen molar-refractivity contribution in [2.75, 3.05) is 6.61 Å². The number of carbonyl (C=O) groups excluding carboxylic acids is 1. The molecule has 3 rings (SSSR count). The molecule has 3 N–H and O–H groups in total. The minimum Gasteiger partial charge on any atom is -0.493 e. The van der Waals surface area contributed by atoms with Crippen LogP contribution < -0.4 is 15.8 Å². The van der Waals surface area contributed by atoms with E-state index in [-0.39, 0.29) is 24.5 Å². The lowest BCUT2D eigenvalue weighted by Gasteiger charge is -2.45. The Morgan fingerprint density at radius 2 is 2.18 bits per heavy atom. The summed E-state index contributed by atoms with van der Waals surface area (Å²) in [5, 5.41) is 11.2. The van der Waals surface area contributed by atoms with E-state index in [1.54, 1.807) is 24.3 Å². The number of ether oxygens (including phenoxy) is 1. The minimum absolute atomic E-state index is 0.0191. The van der Waals surface area contributed by atoms with Gasteiger partial charge in [0, 0.05) is 30.4 Å². The second-order valence-electron chi connectivity index (χ2n) is 6.49. The maximum atomic E-state index is 14.3. The zero-order valence-electron chi connectivity index (χ0n) is 15.1. The Balaban J connectivity index is 2.11. The average molecular weight is 403 g/mol. The molecule has 1 aliphatic heterocycles. The number of nitrogens with zero attached hydrogens (tertiary/aromatic N) is 1. The van der Waals surface area contributed by atoms with Gasteiger partial charge in [-0.3, -0.25) is 4.79 Å². The van der Waals surface area contributed by atoms with Crippen LogP contribution in [0.1, 0.15) is 29.8 Å². The molecule has 5 nitrogen and oxygen atoms in total. The Morgan fingerprint density at radius 1 is 1.43 bits per heavy atom. The number of nitrogens with one attached hydrogen (secondary N) is 1. The molecule has 0 aliphatic carbocycles. The summed E-state index contributed by atoms with van der Waals surface area (Å²) in [4.78, 5) is 11.0. The summed E-state index contributed by atoms with van der Waals surface area (Å²) < 4.78 is 33.7. The molecule has 0 fully saturated rings. The fraction of sp³-hybridized carbons (Fsp3) is 0.300. The van der Waals surface area contributed by atoms with Crippen LogP contribution in [0, 0.1) is 28.9 Å². The number of nitrogens with two attached hydrogens (primary N) is 1. The van der Waals surface area contributed by atoms with E-state index >= 15 is 0 Å². The van der Waals surface area contributed by atoms with Crippen molar-refractivity contribution < 1.29 is 18.3 Å². The predicted molar refractivity (Wildman–Crippen MR) is 102 cm³/mol. The van der Waals surface area contributed by atoms with Crippen molar-refractivity contribution in [1.29, 1.82) is 5.26 Å². The topological polar surface area (TPSA) is 88.1 Å². The normalized spacial score (nSPS) is 21.8. The molecule has 0 spiro atoms. The molecule has 146 valence electrons. The van der Waals surface area contributed by atoms with Gasteiger partial charge in [-0.25, -0.2) is 8.78 Å². The predicted octanol–water partition coefficient (Wildman–Crippen LogP) is 3.57. The number of para-hydroxylation sites is 1. The number of fused-ring (bicyclic) bond motifs is 1. The summed E-state index contributed by atoms with van der Waals surface area (Å²) >= 11 is 1.07. The van der Waals surface area contributed by atoms with Crippen molar-refractivity contribution in [3.8, 4) is 11.8 Å². The zero-order chi connectivity index (χ0) is 20.3. The first-order valence-electron chi connectivity index (χ1n) is 8.63. The van der Waals surface area contributed by atoms with Crippen LogP contribution >= 0.6 is 11.8 Å². The molecule has 0 bridgehead atoms. The van der Waals surface area contributed by atoms with Crippen molar-refractivity contribution in [3.63, 3.8) is 0 Å². The van der Waals surface area contributed by atoms with Gasteiger partial charge in [-0.1, -0.05) is 18.2 Å². The highest BCUT2D eigenvalue weighted by Gasteiger charge is 2.48. The number of nitriles is 1. The Labute approximate surface area is 165 Å². The lowest BCUT2D eigenvalue weighted by atomic mass is 9.87. The zero-order valence-corrected chi connectivity index (χ0v) is 15.9. The maximum Gasteiger partial charge on any atom is 0.218 e. The summed E-state index contributed by atoms with van der Waals surface area (Å²) in [7, 11) is 0. The van der Waals surface area contributed by atoms with Gasteiger partial charge < -0.3 is 15.8 Å². The molecule has 28 heavy (non-hydrogen) atoms. The van der Waals surface area contributed by atoms with Crippen LogP contribution in [0.4, 0.5) is 8.78 Å². The summed E-state index contributed by atoms with van der Waals surface area (Å²) in [6.07, 6.45) is 0.0833. The van der Waals surface area contributed by atoms with Gasteiger partial charge in [0.25, 0.3) is 0 Å². The summed E-state index contributed by atoms with van der Waals surface area (Å²) in [5.74, 6) is -1.48. The van der Waals surface area contributed by atoms with E-state index in [0.717, 1.165) is 30.0 Å². The number of thioether (sulfide) groups is 1. The smallest absolute Gasteiger partial charge is 0.218 e. The Hall–Kier alpha value is -2.63. The van der Waals surface area contributed by atoms with Gasteiger partial charge >= 0.3 is 0 Å². The molecule has 1 heterocycles. The summed E-state index contributed by atoms with van der Waals surface area (Å²) in [6, 6.07) is 12.3. The first-order chi connectivity index (χ1) is 13.4. The molecule has 1 unspecified atom stereocenters. The van der Waals surface area contributed by atoms with Crippen LogP contribution in [0.3, 0.4) is 0 Å². The van der Waals surface area contributed by atoms with Crippen LogP contribution in [-0.4, -0.2) is 12.5 Å². The highest BCUT2D eigenvalue weighted by Crippen LogP contribution is 2.52. The van der Waals surface area contributed by atoms with Gasteiger partial charge in [0.05, 0.1) is 18.0 Å². The van der Waals surface area contributed by atoms with Crippen LogP contribution in [0.25, 0.3) is 0 Å². The van der Waals surface area contributed by atoms with E-state index in [4.69, 9.17) is 10.5 Å². The van der Waals surface area contributed by atoms with Crippen LogP contribution in [0.15, 0.2) is 42.5 Å². The van der Waals surface area contributed by atoms with E-state index in [0.29, 0.717) is 11.3 Å². The highest BCUT2D eigenvalue weighted by atomic mass is 32.2. The molecule has 3 atom stereocenters. The molecule has 2 aromatic rings. The number of amides is 1. The molecular formula is C20H19F2N3O2S. The second kappa shape index (κ2) is 8.17. The van der Waals surface area contributed by atoms with Gasteiger partial charge in [-0.05, 0) is 24.3 Å². The standard InChI is InChI=1S/C20H19F2N3O2S/c1-12(26)25-20(28-19(24)15-10-14(21)6-7-17(15)22)13(8-9-23)11-27-18-5-3-2-4-16(18)20/h2-7,10,13,19H,8,11,24H2,1H3,(H,25,26)/t13-,19?,20-/m0/s1. The third-order valence-electron chi connectivity index (χ3n) is 4.58. The van der Waals surface area contributed by atoms with Crippen LogP contribution in [-0.2, 0) is 9.67 Å². The van der Waals surface area contributed by atoms with E-state index in [2.05, 4.69) is 11.4 Å². The van der Waals surface area contributed by atoms with E-state index < -0.39 is 27.8 Å². The van der Waals surface area contributed by atoms with E-state index in [1.165, 1.54) is 6.92 Å². The lowest BCUT2D eigenvalue weighted by molar-refractivity contribution is -0.120. The Bertz CT molecular complexity index is 934. The van der Waals surface area contributed by atoms with Crippen LogP contribution in [0.2, 0.25) is 0 Å². The highest BCUT2D eigenvalue weighted by molar-refractivity contribution is 8.00. The van der Waals surface area contributed by atoms with E-state index in [1.807, 2.05) is 0 Å². The van der Waals surface area contributed by atoms with Gasteiger partial charge in [0.2, 0.25) is 5.91 Å². The lowest BCUT2D eigenvalue weighted by Crippen LogP contribution is -2.53. The van der Waals surface area contributed by atoms with Gasteiger partial charge in [0.1, 0.15) is 22.3 Å². The fourth-order valence-corrected chi connectivity index (χ4v) is 4.91. The average Bonchev–Trinajstić information content (AvgIpc) is 2.65. The van der Waals surface area contributed by atoms with Crippen molar-refractivity contribution >= 4 is 17.7 Å². The number of rotatable bonds is 5. The van der Waals surface area contributed by atoms with Gasteiger partial charge in [-0.15, -0.1) is 11.8 Å². The van der Waals surface area contributed by atoms with Crippen molar-refractivity contribution in [2.24, 2.45) is 11.7 Å². The molecule has 0 aromatic heterocycles. The molecule has 0 saturated carbocycles. The number of benzene rings is 2. The number of hydrogen-bond donors (Lipinski definition) is 2. The fourth-order valence-electron chi connectivity index (χ4n) is 3.36. The number of hydrogen-bond acceptors (Lipinski definition) is 5. The molecular weight excluding hydrogens is 384 g/mol. The minimum atomic E-state index is -1.13. The van der Waals surface area contributed by atoms with Gasteiger partial charge in [-0.2, -0.15) is 5.26 Å². The first kappa shape index (κ1) is 20.1. The number of carbonyl (C=O) groups is 1. The first-order valence-corrected chi connectivity index (χ1v) is 9.51. The Morgan fingerprint density at radius 3 is 2.89 bits per heavy atom. The largest absolute Gasteiger partial charge is 0.493 e. The SMILES string of the molecule is CC(=O)N[C@@]1(SC(N)c2cc(F)ccc2F)c2ccccc2OC[C@@H]1CC#N. The van der Waals surface area contributed by atoms with Gasteiger partial charge in [0.15, 0.2) is 0 Å². The van der Waals surface area contributed by atoms with Crippen molar-refractivity contribution in [3.05, 3.63) is 65.2 Å². The summed E-state index contributed by atoms with van der Waals surface area (Å²) in [5.41, 5.74) is 6.87. The molecule has 2 aromatic carbocycles. The van der Waals surface area contributed by atoms with Crippen LogP contribution in [0.5, 0.6) is 5.75 Å². The van der Waals surface area contributed by atoms with Crippen molar-refractivity contribution in [2.45, 2.75) is 23.6 Å². The quantitative estimate of drug-likeness (QED) is 0.745. The molecule has 0 radical (unpaired) electrons.